The summed E-state index contributed by atoms with van der Waals surface area (Å²) in [5.41, 5.74) is 4.78. The molecule has 0 aromatic rings. The van der Waals surface area contributed by atoms with Crippen molar-refractivity contribution in [3.63, 3.8) is 0 Å². The molecule has 0 saturated carbocycles. The van der Waals surface area contributed by atoms with E-state index in [1.807, 2.05) is 0 Å². The normalized spacial score (nSPS) is 12.8. The molecule has 0 aliphatic heterocycles. The second-order valence-electron chi connectivity index (χ2n) is 2.16. The molecule has 0 saturated heterocycles. The fourth-order valence-electron chi connectivity index (χ4n) is 0.390. The summed E-state index contributed by atoms with van der Waals surface area (Å²) >= 11 is 0. The first kappa shape index (κ1) is 16.3. The SMILES string of the molecule is COCC(O)CO[P+](=O)O.NCCO. The summed E-state index contributed by atoms with van der Waals surface area (Å²) in [6.45, 7) is 0.392. The van der Waals surface area contributed by atoms with Crippen LogP contribution in [0.1, 0.15) is 0 Å². The van der Waals surface area contributed by atoms with Crippen LogP contribution in [0, 0.1) is 0 Å². The topological polar surface area (TPSA) is 122 Å². The summed E-state index contributed by atoms with van der Waals surface area (Å²) in [4.78, 5) is 8.10. The Morgan fingerprint density at radius 1 is 1.50 bits per heavy atom. The second kappa shape index (κ2) is 12.9. The predicted octanol–water partition coefficient (Wildman–Crippen LogP) is -1.40. The smallest absolute Gasteiger partial charge is 0.395 e. The molecule has 0 spiro atoms. The van der Waals surface area contributed by atoms with E-state index in [9.17, 15) is 4.57 Å². The van der Waals surface area contributed by atoms with Crippen LogP contribution in [0.25, 0.3) is 0 Å². The Morgan fingerprint density at radius 2 is 2.00 bits per heavy atom. The molecule has 14 heavy (non-hydrogen) atoms. The average molecular weight is 230 g/mol. The van der Waals surface area contributed by atoms with Crippen LogP contribution in [0.3, 0.4) is 0 Å². The molecule has 2 unspecified atom stereocenters. The van der Waals surface area contributed by atoms with Crippen molar-refractivity contribution in [2.45, 2.75) is 6.10 Å². The largest absolute Gasteiger partial charge is 0.694 e. The lowest BCUT2D eigenvalue weighted by Crippen LogP contribution is -2.19. The van der Waals surface area contributed by atoms with E-state index in [2.05, 4.69) is 9.26 Å². The molecule has 0 aliphatic carbocycles. The third kappa shape index (κ3) is 17.8. The maximum absolute atomic E-state index is 9.88. The van der Waals surface area contributed by atoms with Gasteiger partial charge in [-0.15, -0.1) is 9.42 Å². The summed E-state index contributed by atoms with van der Waals surface area (Å²) in [5.74, 6) is 0. The third-order valence-corrected chi connectivity index (χ3v) is 1.24. The summed E-state index contributed by atoms with van der Waals surface area (Å²) < 4.78 is 18.6. The highest BCUT2D eigenvalue weighted by atomic mass is 31.1. The Morgan fingerprint density at radius 3 is 2.29 bits per heavy atom. The van der Waals surface area contributed by atoms with Gasteiger partial charge in [0.25, 0.3) is 0 Å². The molecule has 0 amide bonds. The number of hydrogen-bond donors (Lipinski definition) is 4. The van der Waals surface area contributed by atoms with Gasteiger partial charge in [0, 0.05) is 18.2 Å². The van der Waals surface area contributed by atoms with Crippen LogP contribution in [-0.4, -0.2) is 54.7 Å². The van der Waals surface area contributed by atoms with Crippen molar-refractivity contribution < 1.29 is 28.9 Å². The van der Waals surface area contributed by atoms with Crippen molar-refractivity contribution in [1.29, 1.82) is 0 Å². The van der Waals surface area contributed by atoms with Gasteiger partial charge in [-0.25, -0.2) is 0 Å². The van der Waals surface area contributed by atoms with Crippen LogP contribution < -0.4 is 5.73 Å². The van der Waals surface area contributed by atoms with Crippen LogP contribution in [0.4, 0.5) is 0 Å². The number of rotatable bonds is 6. The Balaban J connectivity index is 0. The fourth-order valence-corrected chi connectivity index (χ4v) is 0.690. The average Bonchev–Trinajstić information content (AvgIpc) is 2.16. The van der Waals surface area contributed by atoms with Crippen LogP contribution in [0.15, 0.2) is 0 Å². The standard InChI is InChI=1S/C4H9O5P.C2H7NO/c1-8-2-4(5)3-9-10(6)7;3-1-2-4/h4-5H,2-3H2,1H3;4H,1-3H2/p+1. The molecule has 0 heterocycles. The van der Waals surface area contributed by atoms with E-state index in [1.54, 1.807) is 0 Å². The number of nitrogens with two attached hydrogens (primary N) is 1. The number of aliphatic hydroxyl groups is 2. The van der Waals surface area contributed by atoms with Crippen LogP contribution in [-0.2, 0) is 13.8 Å². The maximum atomic E-state index is 9.88. The Bertz CT molecular complexity index is 133. The minimum Gasteiger partial charge on any atom is -0.395 e. The molecule has 8 heteroatoms. The van der Waals surface area contributed by atoms with Crippen molar-refractivity contribution in [3.8, 4) is 0 Å². The van der Waals surface area contributed by atoms with E-state index in [-0.39, 0.29) is 19.8 Å². The van der Waals surface area contributed by atoms with Gasteiger partial charge in [0.05, 0.1) is 13.2 Å². The second-order valence-corrected chi connectivity index (χ2v) is 2.89. The Kier molecular flexibility index (Phi) is 15.0. The first-order valence-electron chi connectivity index (χ1n) is 3.85. The summed E-state index contributed by atoms with van der Waals surface area (Å²) in [7, 11) is -1.19. The summed E-state index contributed by atoms with van der Waals surface area (Å²) in [6.07, 6.45) is -0.837. The van der Waals surface area contributed by atoms with Gasteiger partial charge >= 0.3 is 8.25 Å². The highest BCUT2D eigenvalue weighted by Crippen LogP contribution is 2.13. The van der Waals surface area contributed by atoms with Gasteiger partial charge in [0.2, 0.25) is 0 Å². The Hall–Kier alpha value is -0.140. The number of methoxy groups -OCH3 is 1. The molecule has 0 bridgehead atoms. The lowest BCUT2D eigenvalue weighted by molar-refractivity contribution is 0.0317. The van der Waals surface area contributed by atoms with Crippen molar-refractivity contribution >= 4 is 8.25 Å². The van der Waals surface area contributed by atoms with Gasteiger partial charge in [0.1, 0.15) is 12.7 Å². The van der Waals surface area contributed by atoms with Crippen molar-refractivity contribution in [2.75, 3.05) is 33.5 Å². The molecule has 0 aromatic carbocycles. The van der Waals surface area contributed by atoms with Crippen molar-refractivity contribution in [2.24, 2.45) is 5.73 Å². The van der Waals surface area contributed by atoms with Crippen LogP contribution in [0.5, 0.6) is 0 Å². The maximum Gasteiger partial charge on any atom is 0.694 e. The van der Waals surface area contributed by atoms with Gasteiger partial charge in [-0.3, -0.25) is 0 Å². The van der Waals surface area contributed by atoms with E-state index >= 15 is 0 Å². The molecule has 0 fully saturated rings. The molecule has 7 nitrogen and oxygen atoms in total. The lowest BCUT2D eigenvalue weighted by Gasteiger charge is -2.02. The van der Waals surface area contributed by atoms with Gasteiger partial charge in [0.15, 0.2) is 0 Å². The molecule has 0 aliphatic rings. The molecule has 0 radical (unpaired) electrons. The van der Waals surface area contributed by atoms with Gasteiger partial charge < -0.3 is 20.7 Å². The first-order chi connectivity index (χ1) is 6.58. The van der Waals surface area contributed by atoms with E-state index < -0.39 is 14.4 Å². The minimum absolute atomic E-state index is 0.0972. The monoisotopic (exact) mass is 230 g/mol. The molecule has 0 rings (SSSR count). The van der Waals surface area contributed by atoms with Crippen LogP contribution in [0.2, 0.25) is 0 Å². The summed E-state index contributed by atoms with van der Waals surface area (Å²) in [5, 5.41) is 16.6. The zero-order valence-corrected chi connectivity index (χ0v) is 8.89. The fraction of sp³-hybridized carbons (Fsp3) is 1.00. The van der Waals surface area contributed by atoms with E-state index in [0.29, 0.717) is 6.54 Å². The van der Waals surface area contributed by atoms with Crippen LogP contribution >= 0.6 is 8.25 Å². The zero-order chi connectivity index (χ0) is 11.4. The molecule has 0 aromatic heterocycles. The number of aliphatic hydroxyl groups excluding tert-OH is 2. The highest BCUT2D eigenvalue weighted by molar-refractivity contribution is 7.32. The summed E-state index contributed by atoms with van der Waals surface area (Å²) in [6, 6.07) is 0. The third-order valence-electron chi connectivity index (χ3n) is 0.866. The van der Waals surface area contributed by atoms with Gasteiger partial charge in [-0.1, -0.05) is 0 Å². The quantitative estimate of drug-likeness (QED) is 0.414. The van der Waals surface area contributed by atoms with Crippen molar-refractivity contribution in [3.05, 3.63) is 0 Å². The Labute approximate surface area is 83.4 Å². The number of ether oxygens (including phenoxy) is 1. The number of hydrogen-bond acceptors (Lipinski definition) is 6. The predicted molar refractivity (Wildman–Crippen MR) is 49.8 cm³/mol. The van der Waals surface area contributed by atoms with Gasteiger partial charge in [-0.05, 0) is 0 Å². The first-order valence-corrected chi connectivity index (χ1v) is 4.98. The van der Waals surface area contributed by atoms with E-state index in [1.165, 1.54) is 7.11 Å². The van der Waals surface area contributed by atoms with E-state index in [0.717, 1.165) is 0 Å². The van der Waals surface area contributed by atoms with E-state index in [4.69, 9.17) is 20.8 Å². The highest BCUT2D eigenvalue weighted by Gasteiger charge is 2.15. The van der Waals surface area contributed by atoms with Gasteiger partial charge in [-0.2, -0.15) is 0 Å². The lowest BCUT2D eigenvalue weighted by atomic mass is 10.4. The zero-order valence-electron chi connectivity index (χ0n) is 8.00. The molecular weight excluding hydrogens is 213 g/mol. The van der Waals surface area contributed by atoms with Crippen molar-refractivity contribution in [1.82, 2.24) is 0 Å². The molecular formula is C6H17NO6P+. The molecule has 2 atom stereocenters. The minimum atomic E-state index is -2.61. The molecule has 86 valence electrons. The molecule has 5 N–H and O–H groups in total.